The first-order valence-electron chi connectivity index (χ1n) is 9.31. The van der Waals surface area contributed by atoms with Crippen LogP contribution in [0.1, 0.15) is 19.4 Å². The van der Waals surface area contributed by atoms with Gasteiger partial charge in [0.1, 0.15) is 0 Å². The first-order chi connectivity index (χ1) is 13.9. The van der Waals surface area contributed by atoms with Crippen LogP contribution >= 0.6 is 0 Å². The number of hydrogen-bond donors (Lipinski definition) is 0. The summed E-state index contributed by atoms with van der Waals surface area (Å²) in [6, 6.07) is 16.9. The van der Waals surface area contributed by atoms with Crippen LogP contribution < -0.4 is 4.90 Å². The molecule has 8 heteroatoms. The van der Waals surface area contributed by atoms with Crippen LogP contribution in [-0.2, 0) is 20.9 Å². The molecule has 3 aromatic rings. The summed E-state index contributed by atoms with van der Waals surface area (Å²) in [6.07, 6.45) is 0. The molecule has 0 unspecified atom stereocenters. The molecule has 0 aliphatic carbocycles. The lowest BCUT2D eigenvalue weighted by molar-refractivity contribution is -0.149. The van der Waals surface area contributed by atoms with Crippen LogP contribution in [0.2, 0.25) is 0 Å². The van der Waals surface area contributed by atoms with E-state index in [4.69, 9.17) is 4.74 Å². The van der Waals surface area contributed by atoms with E-state index in [1.807, 2.05) is 75.4 Å². The van der Waals surface area contributed by atoms with Crippen LogP contribution in [0.25, 0.3) is 11.4 Å². The Morgan fingerprint density at radius 1 is 1.07 bits per heavy atom. The van der Waals surface area contributed by atoms with Crippen molar-refractivity contribution in [3.63, 3.8) is 0 Å². The van der Waals surface area contributed by atoms with Crippen LogP contribution in [0.4, 0.5) is 5.69 Å². The zero-order chi connectivity index (χ0) is 20.8. The van der Waals surface area contributed by atoms with Crippen molar-refractivity contribution in [2.45, 2.75) is 33.4 Å². The summed E-state index contributed by atoms with van der Waals surface area (Å²) in [5.41, 5.74) is 2.69. The number of esters is 1. The summed E-state index contributed by atoms with van der Waals surface area (Å²) in [4.78, 5) is 27.4. The zero-order valence-corrected chi connectivity index (χ0v) is 16.6. The third kappa shape index (κ3) is 5.25. The van der Waals surface area contributed by atoms with Crippen molar-refractivity contribution in [1.29, 1.82) is 0 Å². The lowest BCUT2D eigenvalue weighted by atomic mass is 10.1. The van der Waals surface area contributed by atoms with Crippen molar-refractivity contribution >= 4 is 17.6 Å². The highest BCUT2D eigenvalue weighted by atomic mass is 16.5. The maximum atomic E-state index is 12.6. The Kier molecular flexibility index (Phi) is 6.33. The fourth-order valence-corrected chi connectivity index (χ4v) is 2.82. The molecule has 0 N–H and O–H groups in total. The van der Waals surface area contributed by atoms with Crippen molar-refractivity contribution in [3.8, 4) is 11.4 Å². The fraction of sp³-hybridized carbons (Fsp3) is 0.286. The van der Waals surface area contributed by atoms with Crippen molar-refractivity contribution < 1.29 is 14.3 Å². The Morgan fingerprint density at radius 3 is 2.41 bits per heavy atom. The van der Waals surface area contributed by atoms with Gasteiger partial charge in [-0.2, -0.15) is 4.80 Å². The second-order valence-electron chi connectivity index (χ2n) is 6.86. The highest BCUT2D eigenvalue weighted by molar-refractivity contribution is 5.95. The molecular weight excluding hydrogens is 370 g/mol. The smallest absolute Gasteiger partial charge is 0.330 e. The molecule has 0 fully saturated rings. The van der Waals surface area contributed by atoms with E-state index in [1.165, 1.54) is 0 Å². The highest BCUT2D eigenvalue weighted by Crippen LogP contribution is 2.17. The minimum atomic E-state index is -0.608. The van der Waals surface area contributed by atoms with Gasteiger partial charge in [-0.1, -0.05) is 48.0 Å². The number of nitrogens with zero attached hydrogens (tertiary/aromatic N) is 5. The largest absolute Gasteiger partial charge is 0.454 e. The van der Waals surface area contributed by atoms with Crippen molar-refractivity contribution in [2.24, 2.45) is 0 Å². The summed E-state index contributed by atoms with van der Waals surface area (Å²) in [6.45, 7) is 5.21. The van der Waals surface area contributed by atoms with Gasteiger partial charge in [0, 0.05) is 17.3 Å². The summed E-state index contributed by atoms with van der Waals surface area (Å²) >= 11 is 0. The number of hydrogen-bond acceptors (Lipinski definition) is 6. The van der Waals surface area contributed by atoms with Crippen molar-refractivity contribution in [3.05, 3.63) is 60.2 Å². The normalized spacial score (nSPS) is 10.8. The third-order valence-electron chi connectivity index (χ3n) is 4.21. The van der Waals surface area contributed by atoms with Crippen LogP contribution in [0, 0.1) is 6.92 Å². The number of carbonyl (C=O) groups excluding carboxylic acids is 2. The average molecular weight is 393 g/mol. The number of amides is 1. The quantitative estimate of drug-likeness (QED) is 0.573. The summed E-state index contributed by atoms with van der Waals surface area (Å²) in [5.74, 6) is -0.488. The molecule has 0 radical (unpaired) electrons. The number of tetrazole rings is 1. The third-order valence-corrected chi connectivity index (χ3v) is 4.21. The molecule has 150 valence electrons. The Balaban J connectivity index is 1.57. The molecule has 1 amide bonds. The molecule has 0 atom stereocenters. The lowest BCUT2D eigenvalue weighted by Crippen LogP contribution is -2.40. The van der Waals surface area contributed by atoms with Crippen LogP contribution in [0.5, 0.6) is 0 Å². The van der Waals surface area contributed by atoms with Crippen molar-refractivity contribution in [2.75, 3.05) is 11.5 Å². The van der Waals surface area contributed by atoms with E-state index in [0.717, 1.165) is 21.6 Å². The average Bonchev–Trinajstić information content (AvgIpc) is 3.16. The second kappa shape index (κ2) is 9.09. The van der Waals surface area contributed by atoms with Gasteiger partial charge in [-0.05, 0) is 38.1 Å². The molecule has 1 heterocycles. The topological polar surface area (TPSA) is 90.2 Å². The van der Waals surface area contributed by atoms with E-state index < -0.39 is 5.97 Å². The van der Waals surface area contributed by atoms with Gasteiger partial charge in [0.25, 0.3) is 5.91 Å². The Hall–Kier alpha value is -3.55. The van der Waals surface area contributed by atoms with E-state index in [9.17, 15) is 9.59 Å². The van der Waals surface area contributed by atoms with E-state index >= 15 is 0 Å². The van der Waals surface area contributed by atoms with Crippen LogP contribution in [-0.4, -0.2) is 44.7 Å². The number of ether oxygens (including phenoxy) is 1. The summed E-state index contributed by atoms with van der Waals surface area (Å²) in [5, 5.41) is 12.0. The minimum Gasteiger partial charge on any atom is -0.454 e. The highest BCUT2D eigenvalue weighted by Gasteiger charge is 2.20. The molecule has 8 nitrogen and oxygen atoms in total. The maximum Gasteiger partial charge on any atom is 0.330 e. The SMILES string of the molecule is Cc1ccc(-c2nnn(CC(=O)OCC(=O)N(c3ccccc3)C(C)C)n2)cc1. The number of benzene rings is 2. The molecule has 0 saturated heterocycles. The number of aryl methyl sites for hydroxylation is 1. The molecule has 0 saturated carbocycles. The lowest BCUT2D eigenvalue weighted by Gasteiger charge is -2.26. The van der Waals surface area contributed by atoms with Gasteiger partial charge in [-0.15, -0.1) is 10.2 Å². The van der Waals surface area contributed by atoms with Gasteiger partial charge < -0.3 is 9.64 Å². The number of rotatable bonds is 7. The van der Waals surface area contributed by atoms with Gasteiger partial charge in [-0.3, -0.25) is 4.79 Å². The van der Waals surface area contributed by atoms with Gasteiger partial charge in [-0.25, -0.2) is 4.79 Å². The molecule has 0 aliphatic heterocycles. The Morgan fingerprint density at radius 2 is 1.76 bits per heavy atom. The second-order valence-corrected chi connectivity index (χ2v) is 6.86. The molecule has 0 spiro atoms. The standard InChI is InChI=1S/C21H23N5O3/c1-15(2)26(18-7-5-4-6-8-18)19(27)14-29-20(28)13-25-23-21(22-24-25)17-11-9-16(3)10-12-17/h4-12,15H,13-14H2,1-3H3. The number of carbonyl (C=O) groups is 2. The fourth-order valence-electron chi connectivity index (χ4n) is 2.82. The van der Waals surface area contributed by atoms with E-state index in [2.05, 4.69) is 15.4 Å². The Bertz CT molecular complexity index is 967. The van der Waals surface area contributed by atoms with Gasteiger partial charge in [0.05, 0.1) is 0 Å². The predicted molar refractivity (Wildman–Crippen MR) is 108 cm³/mol. The monoisotopic (exact) mass is 393 g/mol. The summed E-state index contributed by atoms with van der Waals surface area (Å²) in [7, 11) is 0. The van der Waals surface area contributed by atoms with Crippen LogP contribution in [0.15, 0.2) is 54.6 Å². The van der Waals surface area contributed by atoms with Gasteiger partial charge >= 0.3 is 5.97 Å². The molecule has 1 aromatic heterocycles. The summed E-state index contributed by atoms with van der Waals surface area (Å²) < 4.78 is 5.13. The molecule has 2 aromatic carbocycles. The molecular formula is C21H23N5O3. The zero-order valence-electron chi connectivity index (χ0n) is 16.6. The van der Waals surface area contributed by atoms with Crippen molar-refractivity contribution in [1.82, 2.24) is 20.2 Å². The van der Waals surface area contributed by atoms with E-state index in [-0.39, 0.29) is 25.1 Å². The van der Waals surface area contributed by atoms with Crippen LogP contribution in [0.3, 0.4) is 0 Å². The Labute approximate surface area is 169 Å². The number of aromatic nitrogens is 4. The predicted octanol–water partition coefficient (Wildman–Crippen LogP) is 2.63. The molecule has 0 aliphatic rings. The minimum absolute atomic E-state index is 0.0716. The van der Waals surface area contributed by atoms with Gasteiger partial charge in [0.15, 0.2) is 13.2 Å². The molecule has 29 heavy (non-hydrogen) atoms. The number of para-hydroxylation sites is 1. The maximum absolute atomic E-state index is 12.6. The molecule has 0 bridgehead atoms. The van der Waals surface area contributed by atoms with E-state index in [1.54, 1.807) is 4.90 Å². The van der Waals surface area contributed by atoms with Gasteiger partial charge in [0.2, 0.25) is 5.82 Å². The molecule has 3 rings (SSSR count). The first-order valence-corrected chi connectivity index (χ1v) is 9.31. The first kappa shape index (κ1) is 20.2. The van der Waals surface area contributed by atoms with E-state index in [0.29, 0.717) is 5.82 Å². The number of anilines is 1.